The van der Waals surface area contributed by atoms with Crippen molar-refractivity contribution >= 4 is 24.5 Å². The molecule has 7 heteroatoms. The largest absolute Gasteiger partial charge is 0.497 e. The minimum Gasteiger partial charge on any atom is -0.497 e. The molecular weight excluding hydrogens is 338 g/mol. The Kier molecular flexibility index (Phi) is 4.85. The first-order valence-electron chi connectivity index (χ1n) is 7.42. The van der Waals surface area contributed by atoms with Gasteiger partial charge in [-0.15, -0.1) is 12.6 Å². The van der Waals surface area contributed by atoms with Gasteiger partial charge in [0, 0.05) is 17.7 Å². The lowest BCUT2D eigenvalue weighted by Crippen LogP contribution is -1.95. The molecule has 0 atom stereocenters. The number of methoxy groups -OCH3 is 1. The van der Waals surface area contributed by atoms with Crippen LogP contribution in [0.3, 0.4) is 0 Å². The van der Waals surface area contributed by atoms with E-state index in [2.05, 4.69) is 17.7 Å². The molecule has 3 rings (SSSR count). The van der Waals surface area contributed by atoms with Gasteiger partial charge in [-0.3, -0.25) is 10.1 Å². The number of nitrogens with zero attached hydrogens (tertiary/aromatic N) is 3. The van der Waals surface area contributed by atoms with Crippen LogP contribution in [0, 0.1) is 10.1 Å². The van der Waals surface area contributed by atoms with Gasteiger partial charge in [0.25, 0.3) is 5.69 Å². The molecule has 126 valence electrons. The van der Waals surface area contributed by atoms with Gasteiger partial charge in [0.2, 0.25) is 0 Å². The average Bonchev–Trinajstić information content (AvgIpc) is 3.01. The summed E-state index contributed by atoms with van der Waals surface area (Å²) in [5.41, 5.74) is 2.61. The molecular formula is C18H15N3O3S. The summed E-state index contributed by atoms with van der Waals surface area (Å²) in [5, 5.41) is 15.8. The van der Waals surface area contributed by atoms with E-state index in [1.807, 2.05) is 36.4 Å². The minimum atomic E-state index is -0.431. The Hall–Kier alpha value is -3.06. The highest BCUT2D eigenvalue weighted by atomic mass is 32.1. The second-order valence-electron chi connectivity index (χ2n) is 5.21. The van der Waals surface area contributed by atoms with Crippen molar-refractivity contribution in [1.82, 2.24) is 4.68 Å². The Morgan fingerprint density at radius 2 is 1.92 bits per heavy atom. The van der Waals surface area contributed by atoms with Crippen molar-refractivity contribution in [3.05, 3.63) is 76.3 Å². The molecule has 2 aromatic carbocycles. The predicted octanol–water partition coefficient (Wildman–Crippen LogP) is 4.24. The number of non-ortho nitro benzene ring substituents is 1. The Morgan fingerprint density at radius 3 is 2.60 bits per heavy atom. The lowest BCUT2D eigenvalue weighted by atomic mass is 10.1. The summed E-state index contributed by atoms with van der Waals surface area (Å²) in [6, 6.07) is 17.6. The first-order chi connectivity index (χ1) is 12.1. The summed E-state index contributed by atoms with van der Waals surface area (Å²) in [7, 11) is 1.62. The topological polar surface area (TPSA) is 69.7 Å². The molecule has 3 aromatic rings. The predicted molar refractivity (Wildman–Crippen MR) is 99.8 cm³/mol. The van der Waals surface area contributed by atoms with Crippen molar-refractivity contribution in [2.24, 2.45) is 5.10 Å². The van der Waals surface area contributed by atoms with Crippen molar-refractivity contribution in [2.45, 2.75) is 5.03 Å². The Balaban J connectivity index is 1.92. The molecule has 6 nitrogen and oxygen atoms in total. The van der Waals surface area contributed by atoms with E-state index in [1.54, 1.807) is 30.1 Å². The van der Waals surface area contributed by atoms with Gasteiger partial charge in [0.15, 0.2) is 0 Å². The Morgan fingerprint density at radius 1 is 1.16 bits per heavy atom. The van der Waals surface area contributed by atoms with E-state index in [0.29, 0.717) is 5.03 Å². The third-order valence-corrected chi connectivity index (χ3v) is 3.97. The molecule has 0 bridgehead atoms. The molecule has 1 aromatic heterocycles. The second-order valence-corrected chi connectivity index (χ2v) is 5.67. The van der Waals surface area contributed by atoms with Crippen LogP contribution in [0.15, 0.2) is 70.8 Å². The fourth-order valence-electron chi connectivity index (χ4n) is 2.35. The van der Waals surface area contributed by atoms with Crippen LogP contribution in [0.5, 0.6) is 5.75 Å². The summed E-state index contributed by atoms with van der Waals surface area (Å²) in [6.07, 6.45) is 1.63. The highest BCUT2D eigenvalue weighted by Gasteiger charge is 2.08. The Bertz CT molecular complexity index is 933. The molecule has 0 N–H and O–H groups in total. The molecule has 0 saturated carbocycles. The van der Waals surface area contributed by atoms with E-state index in [4.69, 9.17) is 4.74 Å². The van der Waals surface area contributed by atoms with Gasteiger partial charge in [-0.2, -0.15) is 5.10 Å². The molecule has 0 unspecified atom stereocenters. The average molecular weight is 353 g/mol. The summed E-state index contributed by atoms with van der Waals surface area (Å²) in [6.45, 7) is 0. The maximum absolute atomic E-state index is 10.7. The van der Waals surface area contributed by atoms with Crippen LogP contribution >= 0.6 is 12.6 Å². The lowest BCUT2D eigenvalue weighted by Gasteiger charge is -2.07. The van der Waals surface area contributed by atoms with Gasteiger partial charge in [0.1, 0.15) is 5.75 Å². The molecule has 0 spiro atoms. The maximum atomic E-state index is 10.7. The van der Waals surface area contributed by atoms with E-state index in [0.717, 1.165) is 22.6 Å². The van der Waals surface area contributed by atoms with Gasteiger partial charge >= 0.3 is 0 Å². The Labute approximate surface area is 149 Å². The highest BCUT2D eigenvalue weighted by Crippen LogP contribution is 2.27. The van der Waals surface area contributed by atoms with Crippen LogP contribution in [0.25, 0.3) is 11.3 Å². The normalized spacial score (nSPS) is 11.0. The zero-order valence-corrected chi connectivity index (χ0v) is 14.3. The number of hydrogen-bond acceptors (Lipinski definition) is 5. The smallest absolute Gasteiger partial charge is 0.269 e. The first-order valence-corrected chi connectivity index (χ1v) is 7.87. The van der Waals surface area contributed by atoms with Crippen LogP contribution in [0.2, 0.25) is 0 Å². The molecule has 0 aliphatic heterocycles. The van der Waals surface area contributed by atoms with Gasteiger partial charge in [0.05, 0.1) is 29.0 Å². The van der Waals surface area contributed by atoms with E-state index in [9.17, 15) is 10.1 Å². The van der Waals surface area contributed by atoms with E-state index < -0.39 is 4.92 Å². The molecule has 0 amide bonds. The third kappa shape index (κ3) is 3.72. The lowest BCUT2D eigenvalue weighted by molar-refractivity contribution is -0.384. The van der Waals surface area contributed by atoms with Crippen molar-refractivity contribution in [2.75, 3.05) is 7.11 Å². The molecule has 1 heterocycles. The molecule has 25 heavy (non-hydrogen) atoms. The monoisotopic (exact) mass is 353 g/mol. The fourth-order valence-corrected chi connectivity index (χ4v) is 2.58. The van der Waals surface area contributed by atoms with E-state index in [-0.39, 0.29) is 5.69 Å². The fraction of sp³-hybridized carbons (Fsp3) is 0.0556. The molecule has 0 radical (unpaired) electrons. The molecule has 0 aliphatic rings. The standard InChI is InChI=1S/C18H15N3O3S/c1-24-16-4-2-3-14(11-16)17-9-10-18(25)20(17)19-12-13-5-7-15(8-6-13)21(22)23/h2-12,25H,1H3/b19-12+. The summed E-state index contributed by atoms with van der Waals surface area (Å²) in [4.78, 5) is 10.3. The van der Waals surface area contributed by atoms with Crippen molar-refractivity contribution in [3.8, 4) is 17.0 Å². The quantitative estimate of drug-likeness (QED) is 0.323. The minimum absolute atomic E-state index is 0.0464. The zero-order chi connectivity index (χ0) is 17.8. The number of benzene rings is 2. The van der Waals surface area contributed by atoms with Crippen molar-refractivity contribution in [1.29, 1.82) is 0 Å². The van der Waals surface area contributed by atoms with Crippen molar-refractivity contribution in [3.63, 3.8) is 0 Å². The number of nitro groups is 1. The zero-order valence-electron chi connectivity index (χ0n) is 13.4. The SMILES string of the molecule is COc1cccc(-c2ccc(S)n2/N=C/c2ccc([N+](=O)[O-])cc2)c1. The van der Waals surface area contributed by atoms with Gasteiger partial charge in [-0.25, -0.2) is 4.68 Å². The second kappa shape index (κ2) is 7.23. The van der Waals surface area contributed by atoms with Crippen LogP contribution in [0.4, 0.5) is 5.69 Å². The van der Waals surface area contributed by atoms with Crippen LogP contribution in [0.1, 0.15) is 5.56 Å². The third-order valence-electron chi connectivity index (χ3n) is 3.63. The molecule has 0 aliphatic carbocycles. The van der Waals surface area contributed by atoms with Crippen LogP contribution in [-0.4, -0.2) is 22.9 Å². The van der Waals surface area contributed by atoms with Crippen LogP contribution < -0.4 is 4.74 Å². The summed E-state index contributed by atoms with van der Waals surface area (Å²) >= 11 is 4.44. The van der Waals surface area contributed by atoms with E-state index >= 15 is 0 Å². The number of thiol groups is 1. The number of ether oxygens (including phenoxy) is 1. The molecule has 0 fully saturated rings. The molecule has 0 saturated heterocycles. The number of aromatic nitrogens is 1. The number of hydrogen-bond donors (Lipinski definition) is 1. The highest BCUT2D eigenvalue weighted by molar-refractivity contribution is 7.80. The summed E-state index contributed by atoms with van der Waals surface area (Å²) < 4.78 is 6.95. The number of nitro benzene ring substituents is 1. The number of rotatable bonds is 5. The van der Waals surface area contributed by atoms with E-state index in [1.165, 1.54) is 12.1 Å². The van der Waals surface area contributed by atoms with Gasteiger partial charge in [-0.1, -0.05) is 12.1 Å². The van der Waals surface area contributed by atoms with Crippen molar-refractivity contribution < 1.29 is 9.66 Å². The van der Waals surface area contributed by atoms with Gasteiger partial charge < -0.3 is 4.74 Å². The van der Waals surface area contributed by atoms with Gasteiger partial charge in [-0.05, 0) is 42.0 Å². The first kappa shape index (κ1) is 16.8. The summed E-state index contributed by atoms with van der Waals surface area (Å²) in [5.74, 6) is 0.755. The van der Waals surface area contributed by atoms with Crippen LogP contribution in [-0.2, 0) is 0 Å². The maximum Gasteiger partial charge on any atom is 0.269 e.